The average molecular weight is 375 g/mol. The standard InChI is InChI=1S/C16H9Br2N/c17-10-5-7-13-11(8-10)16-14(19-13)6-4-9-2-1-3-12(18)15(9)16/h1-8,19H. The van der Waals surface area contributed by atoms with Crippen LogP contribution in [0.5, 0.6) is 0 Å². The second kappa shape index (κ2) is 4.09. The van der Waals surface area contributed by atoms with Crippen molar-refractivity contribution >= 4 is 64.4 Å². The molecule has 1 nitrogen and oxygen atoms in total. The Kier molecular flexibility index (Phi) is 2.47. The highest BCUT2D eigenvalue weighted by Crippen LogP contribution is 2.36. The first-order chi connectivity index (χ1) is 9.24. The number of aromatic nitrogens is 1. The second-order valence-corrected chi connectivity index (χ2v) is 6.41. The lowest BCUT2D eigenvalue weighted by atomic mass is 10.0. The Hall–Kier alpha value is -1.32. The lowest BCUT2D eigenvalue weighted by molar-refractivity contribution is 1.54. The van der Waals surface area contributed by atoms with Gasteiger partial charge in [0.05, 0.1) is 0 Å². The minimum Gasteiger partial charge on any atom is -0.354 e. The maximum atomic E-state index is 3.68. The molecule has 1 heterocycles. The minimum absolute atomic E-state index is 1.10. The molecule has 4 rings (SSSR count). The van der Waals surface area contributed by atoms with Crippen LogP contribution in [0.3, 0.4) is 0 Å². The van der Waals surface area contributed by atoms with Crippen molar-refractivity contribution in [2.75, 3.05) is 0 Å². The van der Waals surface area contributed by atoms with Crippen LogP contribution in [0.15, 0.2) is 57.5 Å². The fourth-order valence-electron chi connectivity index (χ4n) is 2.70. The lowest BCUT2D eigenvalue weighted by Crippen LogP contribution is -1.76. The van der Waals surface area contributed by atoms with Gasteiger partial charge in [-0.2, -0.15) is 0 Å². The fraction of sp³-hybridized carbons (Fsp3) is 0. The van der Waals surface area contributed by atoms with E-state index in [0.29, 0.717) is 0 Å². The zero-order valence-electron chi connectivity index (χ0n) is 9.87. The Morgan fingerprint density at radius 2 is 1.63 bits per heavy atom. The van der Waals surface area contributed by atoms with Crippen LogP contribution in [0.4, 0.5) is 0 Å². The Labute approximate surface area is 126 Å². The zero-order valence-corrected chi connectivity index (χ0v) is 13.0. The molecule has 3 heteroatoms. The summed E-state index contributed by atoms with van der Waals surface area (Å²) in [4.78, 5) is 3.48. The van der Waals surface area contributed by atoms with Gasteiger partial charge < -0.3 is 4.98 Å². The highest BCUT2D eigenvalue weighted by molar-refractivity contribution is 9.11. The lowest BCUT2D eigenvalue weighted by Gasteiger charge is -2.03. The Morgan fingerprint density at radius 3 is 2.53 bits per heavy atom. The molecule has 0 amide bonds. The average Bonchev–Trinajstić information content (AvgIpc) is 2.77. The number of hydrogen-bond donors (Lipinski definition) is 1. The van der Waals surface area contributed by atoms with E-state index in [4.69, 9.17) is 0 Å². The Bertz CT molecular complexity index is 938. The van der Waals surface area contributed by atoms with E-state index >= 15 is 0 Å². The molecule has 0 aliphatic rings. The number of benzene rings is 3. The molecular formula is C16H9Br2N. The van der Waals surface area contributed by atoms with E-state index in [0.717, 1.165) is 8.95 Å². The molecule has 0 fully saturated rings. The van der Waals surface area contributed by atoms with Gasteiger partial charge in [-0.3, -0.25) is 0 Å². The van der Waals surface area contributed by atoms with Crippen LogP contribution in [-0.2, 0) is 0 Å². The third kappa shape index (κ3) is 1.65. The third-order valence-electron chi connectivity index (χ3n) is 3.52. The summed E-state index contributed by atoms with van der Waals surface area (Å²) >= 11 is 7.24. The van der Waals surface area contributed by atoms with Gasteiger partial charge >= 0.3 is 0 Å². The first kappa shape index (κ1) is 11.5. The van der Waals surface area contributed by atoms with Crippen molar-refractivity contribution in [2.45, 2.75) is 0 Å². The van der Waals surface area contributed by atoms with Gasteiger partial charge in [0.1, 0.15) is 0 Å². The Balaban J connectivity index is 2.37. The summed E-state index contributed by atoms with van der Waals surface area (Å²) in [5.41, 5.74) is 2.34. The minimum atomic E-state index is 1.10. The van der Waals surface area contributed by atoms with E-state index in [1.807, 2.05) is 0 Å². The summed E-state index contributed by atoms with van der Waals surface area (Å²) in [5, 5.41) is 5.05. The monoisotopic (exact) mass is 373 g/mol. The molecule has 0 saturated heterocycles. The maximum absolute atomic E-state index is 3.68. The smallest absolute Gasteiger partial charge is 0.0471 e. The van der Waals surface area contributed by atoms with Crippen molar-refractivity contribution in [3.63, 3.8) is 0 Å². The normalized spacial score (nSPS) is 11.7. The number of hydrogen-bond acceptors (Lipinski definition) is 0. The van der Waals surface area contributed by atoms with Gasteiger partial charge in [0.2, 0.25) is 0 Å². The number of halogens is 2. The molecule has 4 aromatic rings. The summed E-state index contributed by atoms with van der Waals surface area (Å²) < 4.78 is 2.24. The molecule has 3 aromatic carbocycles. The quantitative estimate of drug-likeness (QED) is 0.388. The van der Waals surface area contributed by atoms with E-state index in [9.17, 15) is 0 Å². The van der Waals surface area contributed by atoms with Gasteiger partial charge in [0.15, 0.2) is 0 Å². The molecule has 0 atom stereocenters. The molecular weight excluding hydrogens is 366 g/mol. The van der Waals surface area contributed by atoms with Gasteiger partial charge in [-0.15, -0.1) is 0 Å². The molecule has 19 heavy (non-hydrogen) atoms. The van der Waals surface area contributed by atoms with Gasteiger partial charge in [-0.05, 0) is 35.7 Å². The highest BCUT2D eigenvalue weighted by Gasteiger charge is 2.10. The molecule has 92 valence electrons. The first-order valence-corrected chi connectivity index (χ1v) is 7.61. The predicted octanol–water partition coefficient (Wildman–Crippen LogP) is 6.00. The van der Waals surface area contributed by atoms with Gasteiger partial charge in [0.25, 0.3) is 0 Å². The molecule has 1 N–H and O–H groups in total. The van der Waals surface area contributed by atoms with Crippen LogP contribution in [0.25, 0.3) is 32.6 Å². The summed E-state index contributed by atoms with van der Waals surface area (Å²) in [6.45, 7) is 0. The molecule has 0 unspecified atom stereocenters. The van der Waals surface area contributed by atoms with Crippen molar-refractivity contribution in [3.05, 3.63) is 57.5 Å². The van der Waals surface area contributed by atoms with E-state index < -0.39 is 0 Å². The maximum Gasteiger partial charge on any atom is 0.0471 e. The fourth-order valence-corrected chi connectivity index (χ4v) is 3.64. The number of H-pyrrole nitrogens is 1. The predicted molar refractivity (Wildman–Crippen MR) is 88.7 cm³/mol. The molecule has 0 saturated carbocycles. The molecule has 0 bridgehead atoms. The van der Waals surface area contributed by atoms with Crippen molar-refractivity contribution in [3.8, 4) is 0 Å². The molecule has 1 aromatic heterocycles. The van der Waals surface area contributed by atoms with Crippen LogP contribution in [0.2, 0.25) is 0 Å². The second-order valence-electron chi connectivity index (χ2n) is 4.64. The topological polar surface area (TPSA) is 15.8 Å². The van der Waals surface area contributed by atoms with Gasteiger partial charge in [-0.1, -0.05) is 50.1 Å². The van der Waals surface area contributed by atoms with Gasteiger partial charge in [0, 0.05) is 36.1 Å². The molecule has 0 spiro atoms. The molecule has 0 aliphatic heterocycles. The molecule has 0 radical (unpaired) electrons. The van der Waals surface area contributed by atoms with Crippen LogP contribution in [-0.4, -0.2) is 4.98 Å². The summed E-state index contributed by atoms with van der Waals surface area (Å²) in [6, 6.07) is 17.0. The number of fused-ring (bicyclic) bond motifs is 5. The van der Waals surface area contributed by atoms with Crippen molar-refractivity contribution in [2.24, 2.45) is 0 Å². The third-order valence-corrected chi connectivity index (χ3v) is 4.67. The van der Waals surface area contributed by atoms with E-state index in [2.05, 4.69) is 85.4 Å². The van der Waals surface area contributed by atoms with Crippen LogP contribution in [0.1, 0.15) is 0 Å². The largest absolute Gasteiger partial charge is 0.354 e. The van der Waals surface area contributed by atoms with Crippen LogP contribution >= 0.6 is 31.9 Å². The van der Waals surface area contributed by atoms with Crippen molar-refractivity contribution < 1.29 is 0 Å². The summed E-state index contributed by atoms with van der Waals surface area (Å²) in [7, 11) is 0. The van der Waals surface area contributed by atoms with Crippen LogP contribution in [0, 0.1) is 0 Å². The van der Waals surface area contributed by atoms with Crippen LogP contribution < -0.4 is 0 Å². The van der Waals surface area contributed by atoms with E-state index in [-0.39, 0.29) is 0 Å². The first-order valence-electron chi connectivity index (χ1n) is 6.02. The van der Waals surface area contributed by atoms with Crippen molar-refractivity contribution in [1.82, 2.24) is 4.98 Å². The Morgan fingerprint density at radius 1 is 0.789 bits per heavy atom. The van der Waals surface area contributed by atoms with Crippen molar-refractivity contribution in [1.29, 1.82) is 0 Å². The number of aromatic amines is 1. The van der Waals surface area contributed by atoms with E-state index in [1.165, 1.54) is 32.6 Å². The molecule has 0 aliphatic carbocycles. The van der Waals surface area contributed by atoms with E-state index in [1.54, 1.807) is 0 Å². The number of rotatable bonds is 0. The highest BCUT2D eigenvalue weighted by atomic mass is 79.9. The zero-order chi connectivity index (χ0) is 13.0. The summed E-state index contributed by atoms with van der Waals surface area (Å²) in [6.07, 6.45) is 0. The number of nitrogens with one attached hydrogen (secondary N) is 1. The summed E-state index contributed by atoms with van der Waals surface area (Å²) in [5.74, 6) is 0. The SMILES string of the molecule is Brc1ccc2[nH]c3ccc4cccc(Br)c4c3c2c1. The van der Waals surface area contributed by atoms with Gasteiger partial charge in [-0.25, -0.2) is 0 Å².